The molecule has 5 nitrogen and oxygen atoms in total. The molecule has 84 valence electrons. The van der Waals surface area contributed by atoms with Crippen molar-refractivity contribution < 1.29 is 14.4 Å². The lowest BCUT2D eigenvalue weighted by atomic mass is 10.1. The third-order valence-electron chi connectivity index (χ3n) is 2.27. The standard InChI is InChI=1S/C10H16N2O3/c1-3-7(2)5-11-6-8-4-9(10(13)14)12-15-8/h4,7,11H,3,5-6H2,1-2H3,(H,13,14). The lowest BCUT2D eigenvalue weighted by Gasteiger charge is -2.07. The third kappa shape index (κ3) is 3.71. The summed E-state index contributed by atoms with van der Waals surface area (Å²) in [6.45, 7) is 5.68. The number of carboxylic acids is 1. The summed E-state index contributed by atoms with van der Waals surface area (Å²) in [6, 6.07) is 1.44. The number of hydrogen-bond acceptors (Lipinski definition) is 4. The van der Waals surface area contributed by atoms with Gasteiger partial charge >= 0.3 is 5.97 Å². The number of carboxylic acid groups (broad SMARTS) is 1. The van der Waals surface area contributed by atoms with Gasteiger partial charge < -0.3 is 14.9 Å². The first-order chi connectivity index (χ1) is 7.13. The maximum absolute atomic E-state index is 10.5. The van der Waals surface area contributed by atoms with Crippen LogP contribution >= 0.6 is 0 Å². The molecule has 0 saturated heterocycles. The molecule has 0 aliphatic heterocycles. The molecule has 0 bridgehead atoms. The van der Waals surface area contributed by atoms with Crippen LogP contribution in [0.15, 0.2) is 10.6 Å². The summed E-state index contributed by atoms with van der Waals surface area (Å²) in [5.41, 5.74) is -0.0460. The van der Waals surface area contributed by atoms with Crippen LogP contribution < -0.4 is 5.32 Å². The summed E-state index contributed by atoms with van der Waals surface area (Å²) in [7, 11) is 0. The van der Waals surface area contributed by atoms with Crippen molar-refractivity contribution in [1.29, 1.82) is 0 Å². The van der Waals surface area contributed by atoms with Crippen LogP contribution in [0.5, 0.6) is 0 Å². The minimum absolute atomic E-state index is 0.0460. The predicted octanol–water partition coefficient (Wildman–Crippen LogP) is 1.51. The Kier molecular flexibility index (Phi) is 4.30. The summed E-state index contributed by atoms with van der Waals surface area (Å²) < 4.78 is 4.85. The average Bonchev–Trinajstić information content (AvgIpc) is 2.66. The van der Waals surface area contributed by atoms with Crippen LogP contribution in [0.3, 0.4) is 0 Å². The topological polar surface area (TPSA) is 75.4 Å². The van der Waals surface area contributed by atoms with E-state index in [0.29, 0.717) is 18.2 Å². The Labute approximate surface area is 88.5 Å². The summed E-state index contributed by atoms with van der Waals surface area (Å²) in [6.07, 6.45) is 1.11. The van der Waals surface area contributed by atoms with Crippen LogP contribution in [0.25, 0.3) is 0 Å². The van der Waals surface area contributed by atoms with E-state index >= 15 is 0 Å². The largest absolute Gasteiger partial charge is 0.476 e. The van der Waals surface area contributed by atoms with Crippen molar-refractivity contribution in [2.24, 2.45) is 5.92 Å². The van der Waals surface area contributed by atoms with Crippen LogP contribution in [0.4, 0.5) is 0 Å². The Morgan fingerprint density at radius 1 is 1.73 bits per heavy atom. The number of rotatable bonds is 6. The highest BCUT2D eigenvalue weighted by atomic mass is 16.5. The van der Waals surface area contributed by atoms with E-state index < -0.39 is 5.97 Å². The summed E-state index contributed by atoms with van der Waals surface area (Å²) in [5.74, 6) is 0.0921. The van der Waals surface area contributed by atoms with Crippen molar-refractivity contribution in [2.75, 3.05) is 6.54 Å². The molecule has 0 aliphatic carbocycles. The number of aromatic carboxylic acids is 1. The van der Waals surface area contributed by atoms with E-state index in [1.807, 2.05) is 0 Å². The minimum Gasteiger partial charge on any atom is -0.476 e. The molecule has 1 atom stereocenters. The van der Waals surface area contributed by atoms with Crippen molar-refractivity contribution in [3.8, 4) is 0 Å². The Hall–Kier alpha value is -1.36. The second-order valence-corrected chi connectivity index (χ2v) is 3.63. The molecule has 5 heteroatoms. The Bertz CT molecular complexity index is 322. The zero-order valence-corrected chi connectivity index (χ0v) is 8.99. The predicted molar refractivity (Wildman–Crippen MR) is 54.6 cm³/mol. The van der Waals surface area contributed by atoms with E-state index in [1.54, 1.807) is 0 Å². The van der Waals surface area contributed by atoms with E-state index in [-0.39, 0.29) is 5.69 Å². The van der Waals surface area contributed by atoms with Crippen molar-refractivity contribution in [2.45, 2.75) is 26.8 Å². The van der Waals surface area contributed by atoms with Crippen molar-refractivity contribution >= 4 is 5.97 Å². The van der Waals surface area contributed by atoms with Crippen molar-refractivity contribution in [1.82, 2.24) is 10.5 Å². The molecule has 0 aliphatic rings. The quantitative estimate of drug-likeness (QED) is 0.747. The second-order valence-electron chi connectivity index (χ2n) is 3.63. The van der Waals surface area contributed by atoms with Gasteiger partial charge in [-0.25, -0.2) is 4.79 Å². The van der Waals surface area contributed by atoms with Gasteiger partial charge in [-0.1, -0.05) is 25.4 Å². The van der Waals surface area contributed by atoms with Gasteiger partial charge in [0.25, 0.3) is 0 Å². The molecular formula is C10H16N2O3. The summed E-state index contributed by atoms with van der Waals surface area (Å²) in [4.78, 5) is 10.5. The molecule has 1 unspecified atom stereocenters. The van der Waals surface area contributed by atoms with Gasteiger partial charge in [-0.05, 0) is 12.5 Å². The second kappa shape index (κ2) is 5.50. The molecule has 0 amide bonds. The smallest absolute Gasteiger partial charge is 0.358 e. The normalized spacial score (nSPS) is 12.7. The summed E-state index contributed by atoms with van der Waals surface area (Å²) in [5, 5.41) is 15.2. The van der Waals surface area contributed by atoms with Crippen LogP contribution in [0, 0.1) is 5.92 Å². The molecular weight excluding hydrogens is 196 g/mol. The first-order valence-corrected chi connectivity index (χ1v) is 5.03. The van der Waals surface area contributed by atoms with Gasteiger partial charge in [0.05, 0.1) is 6.54 Å². The van der Waals surface area contributed by atoms with Crippen LogP contribution in [0.2, 0.25) is 0 Å². The zero-order valence-electron chi connectivity index (χ0n) is 8.99. The molecule has 1 rings (SSSR count). The number of hydrogen-bond donors (Lipinski definition) is 2. The Balaban J connectivity index is 2.35. The average molecular weight is 212 g/mol. The molecule has 0 radical (unpaired) electrons. The van der Waals surface area contributed by atoms with E-state index in [4.69, 9.17) is 9.63 Å². The fourth-order valence-corrected chi connectivity index (χ4v) is 1.08. The highest BCUT2D eigenvalue weighted by Gasteiger charge is 2.10. The van der Waals surface area contributed by atoms with Crippen molar-refractivity contribution in [3.63, 3.8) is 0 Å². The third-order valence-corrected chi connectivity index (χ3v) is 2.27. The minimum atomic E-state index is -1.06. The first-order valence-electron chi connectivity index (χ1n) is 5.03. The number of aromatic nitrogens is 1. The van der Waals surface area contributed by atoms with E-state index in [9.17, 15) is 4.79 Å². The molecule has 0 fully saturated rings. The fraction of sp³-hybridized carbons (Fsp3) is 0.600. The first kappa shape index (κ1) is 11.7. The molecule has 0 aromatic carbocycles. The molecule has 2 N–H and O–H groups in total. The van der Waals surface area contributed by atoms with Crippen LogP contribution in [0.1, 0.15) is 36.5 Å². The van der Waals surface area contributed by atoms with Crippen molar-refractivity contribution in [3.05, 3.63) is 17.5 Å². The highest BCUT2D eigenvalue weighted by molar-refractivity contribution is 5.85. The molecule has 1 aromatic heterocycles. The van der Waals surface area contributed by atoms with E-state index in [0.717, 1.165) is 13.0 Å². The maximum Gasteiger partial charge on any atom is 0.358 e. The summed E-state index contributed by atoms with van der Waals surface area (Å²) >= 11 is 0. The van der Waals surface area contributed by atoms with Gasteiger partial charge in [0, 0.05) is 6.07 Å². The van der Waals surface area contributed by atoms with Gasteiger partial charge in [0.1, 0.15) is 0 Å². The molecule has 1 heterocycles. The van der Waals surface area contributed by atoms with E-state index in [1.165, 1.54) is 6.07 Å². The molecule has 0 spiro atoms. The van der Waals surface area contributed by atoms with Crippen LogP contribution in [-0.2, 0) is 6.54 Å². The maximum atomic E-state index is 10.5. The van der Waals surface area contributed by atoms with Gasteiger partial charge in [0.2, 0.25) is 0 Å². The van der Waals surface area contributed by atoms with Gasteiger partial charge in [-0.3, -0.25) is 0 Å². The van der Waals surface area contributed by atoms with Gasteiger partial charge in [0.15, 0.2) is 11.5 Å². The molecule has 15 heavy (non-hydrogen) atoms. The monoisotopic (exact) mass is 212 g/mol. The molecule has 1 aromatic rings. The van der Waals surface area contributed by atoms with E-state index in [2.05, 4.69) is 24.3 Å². The number of nitrogens with one attached hydrogen (secondary N) is 1. The molecule has 0 saturated carbocycles. The lowest BCUT2D eigenvalue weighted by molar-refractivity contribution is 0.0685. The van der Waals surface area contributed by atoms with Crippen LogP contribution in [-0.4, -0.2) is 22.8 Å². The van der Waals surface area contributed by atoms with Gasteiger partial charge in [-0.15, -0.1) is 0 Å². The Morgan fingerprint density at radius 3 is 3.00 bits per heavy atom. The lowest BCUT2D eigenvalue weighted by Crippen LogP contribution is -2.19. The zero-order chi connectivity index (χ0) is 11.3. The highest BCUT2D eigenvalue weighted by Crippen LogP contribution is 2.04. The SMILES string of the molecule is CCC(C)CNCc1cc(C(=O)O)no1. The number of carbonyl (C=O) groups is 1. The van der Waals surface area contributed by atoms with Gasteiger partial charge in [-0.2, -0.15) is 0 Å². The fourth-order valence-electron chi connectivity index (χ4n) is 1.08. The Morgan fingerprint density at radius 2 is 2.47 bits per heavy atom. The number of nitrogens with zero attached hydrogens (tertiary/aromatic N) is 1.